The number of unbranched alkanes of at least 4 members (excludes halogenated alkanes) is 6. The summed E-state index contributed by atoms with van der Waals surface area (Å²) < 4.78 is 0. The van der Waals surface area contributed by atoms with Crippen molar-refractivity contribution in [1.29, 1.82) is 0 Å². The lowest BCUT2D eigenvalue weighted by Crippen LogP contribution is -2.21. The van der Waals surface area contributed by atoms with E-state index in [-0.39, 0.29) is 0 Å². The van der Waals surface area contributed by atoms with Crippen molar-refractivity contribution in [1.82, 2.24) is 0 Å². The molecule has 0 aliphatic heterocycles. The van der Waals surface area contributed by atoms with Crippen LogP contribution in [0.5, 0.6) is 0 Å². The molecule has 2 heteroatoms. The van der Waals surface area contributed by atoms with E-state index in [1.807, 2.05) is 0 Å². The molecular formula is C12H26O2. The topological polar surface area (TPSA) is 40.5 Å². The van der Waals surface area contributed by atoms with E-state index in [1.165, 1.54) is 38.5 Å². The Labute approximate surface area is 88.3 Å². The predicted molar refractivity (Wildman–Crippen MR) is 60.3 cm³/mol. The molecule has 0 amide bonds. The third-order valence-electron chi connectivity index (χ3n) is 2.66. The van der Waals surface area contributed by atoms with Gasteiger partial charge in [-0.25, -0.2) is 0 Å². The summed E-state index contributed by atoms with van der Waals surface area (Å²) in [5.74, 6) is 0. The monoisotopic (exact) mass is 202 g/mol. The van der Waals surface area contributed by atoms with Crippen LogP contribution in [0.4, 0.5) is 0 Å². The first-order valence-corrected chi connectivity index (χ1v) is 6.04. The quantitative estimate of drug-likeness (QED) is 0.564. The molecule has 2 N–H and O–H groups in total. The van der Waals surface area contributed by atoms with Crippen LogP contribution in [0.3, 0.4) is 0 Å². The lowest BCUT2D eigenvalue weighted by atomic mass is 10.0. The number of hydrogen-bond acceptors (Lipinski definition) is 2. The summed E-state index contributed by atoms with van der Waals surface area (Å²) in [5.41, 5.74) is 0. The third-order valence-corrected chi connectivity index (χ3v) is 2.66. The highest BCUT2D eigenvalue weighted by Crippen LogP contribution is 2.10. The first-order valence-electron chi connectivity index (χ1n) is 6.04. The van der Waals surface area contributed by atoms with Crippen LogP contribution < -0.4 is 0 Å². The van der Waals surface area contributed by atoms with Gasteiger partial charge in [-0.3, -0.25) is 0 Å². The molecule has 0 saturated carbocycles. The van der Waals surface area contributed by atoms with Crippen molar-refractivity contribution >= 4 is 0 Å². The highest BCUT2D eigenvalue weighted by atomic mass is 16.3. The molecule has 0 spiro atoms. The van der Waals surface area contributed by atoms with Crippen LogP contribution in [0.1, 0.15) is 65.2 Å². The largest absolute Gasteiger partial charge is 0.391 e. The standard InChI is InChI=1S/C12H26O2/c1-3-4-5-6-7-8-9-10-12(14)11(2)13/h11-14H,3-10H2,1-2H3/t11-,12+/m1/s1. The minimum absolute atomic E-state index is 0.523. The molecule has 0 heterocycles. The molecule has 0 aromatic rings. The van der Waals surface area contributed by atoms with E-state index in [0.717, 1.165) is 12.8 Å². The molecule has 0 aromatic carbocycles. The maximum absolute atomic E-state index is 9.32. The third kappa shape index (κ3) is 8.52. The fourth-order valence-corrected chi connectivity index (χ4v) is 1.55. The van der Waals surface area contributed by atoms with Gasteiger partial charge in [0.25, 0.3) is 0 Å². The van der Waals surface area contributed by atoms with Crippen molar-refractivity contribution in [2.45, 2.75) is 77.4 Å². The number of aliphatic hydroxyl groups is 2. The Morgan fingerprint density at radius 1 is 0.857 bits per heavy atom. The number of rotatable bonds is 9. The second-order valence-electron chi connectivity index (χ2n) is 4.22. The molecule has 0 radical (unpaired) electrons. The first kappa shape index (κ1) is 13.9. The van der Waals surface area contributed by atoms with Gasteiger partial charge in [-0.1, -0.05) is 51.9 Å². The summed E-state index contributed by atoms with van der Waals surface area (Å²) in [6.45, 7) is 3.87. The normalized spacial score (nSPS) is 15.4. The highest BCUT2D eigenvalue weighted by molar-refractivity contribution is 4.61. The second kappa shape index (κ2) is 9.47. The number of hydrogen-bond donors (Lipinski definition) is 2. The maximum Gasteiger partial charge on any atom is 0.0796 e. The number of aliphatic hydroxyl groups excluding tert-OH is 2. The second-order valence-corrected chi connectivity index (χ2v) is 4.22. The van der Waals surface area contributed by atoms with E-state index in [4.69, 9.17) is 5.11 Å². The van der Waals surface area contributed by atoms with E-state index in [2.05, 4.69) is 6.92 Å². The van der Waals surface area contributed by atoms with Crippen molar-refractivity contribution in [3.8, 4) is 0 Å². The van der Waals surface area contributed by atoms with Crippen LogP contribution in [0.15, 0.2) is 0 Å². The highest BCUT2D eigenvalue weighted by Gasteiger charge is 2.09. The van der Waals surface area contributed by atoms with E-state index in [1.54, 1.807) is 6.92 Å². The van der Waals surface area contributed by atoms with Crippen LogP contribution in [-0.4, -0.2) is 22.4 Å². The zero-order valence-corrected chi connectivity index (χ0v) is 9.71. The molecule has 0 aliphatic rings. The molecule has 0 fully saturated rings. The van der Waals surface area contributed by atoms with Gasteiger partial charge in [0.15, 0.2) is 0 Å². The van der Waals surface area contributed by atoms with Gasteiger partial charge < -0.3 is 10.2 Å². The van der Waals surface area contributed by atoms with Crippen molar-refractivity contribution in [2.75, 3.05) is 0 Å². The van der Waals surface area contributed by atoms with Gasteiger partial charge in [0.2, 0.25) is 0 Å². The summed E-state index contributed by atoms with van der Waals surface area (Å²) in [6, 6.07) is 0. The summed E-state index contributed by atoms with van der Waals surface area (Å²) in [7, 11) is 0. The molecule has 0 aromatic heterocycles. The maximum atomic E-state index is 9.32. The lowest BCUT2D eigenvalue weighted by molar-refractivity contribution is 0.0247. The minimum atomic E-state index is -0.574. The average molecular weight is 202 g/mol. The molecule has 2 nitrogen and oxygen atoms in total. The van der Waals surface area contributed by atoms with Crippen LogP contribution in [0, 0.1) is 0 Å². The minimum Gasteiger partial charge on any atom is -0.391 e. The fraction of sp³-hybridized carbons (Fsp3) is 1.00. The molecule has 0 unspecified atom stereocenters. The van der Waals surface area contributed by atoms with Gasteiger partial charge in [-0.05, 0) is 13.3 Å². The van der Waals surface area contributed by atoms with Gasteiger partial charge in [-0.2, -0.15) is 0 Å². The first-order chi connectivity index (χ1) is 6.68. The van der Waals surface area contributed by atoms with Crippen molar-refractivity contribution in [3.05, 3.63) is 0 Å². The van der Waals surface area contributed by atoms with Crippen LogP contribution in [-0.2, 0) is 0 Å². The predicted octanol–water partition coefficient (Wildman–Crippen LogP) is 2.87. The average Bonchev–Trinajstić information content (AvgIpc) is 2.16. The van der Waals surface area contributed by atoms with E-state index < -0.39 is 12.2 Å². The van der Waals surface area contributed by atoms with E-state index in [9.17, 15) is 5.11 Å². The zero-order chi connectivity index (χ0) is 10.8. The smallest absolute Gasteiger partial charge is 0.0796 e. The van der Waals surface area contributed by atoms with Gasteiger partial charge in [0.1, 0.15) is 0 Å². The molecule has 14 heavy (non-hydrogen) atoms. The molecule has 86 valence electrons. The van der Waals surface area contributed by atoms with Crippen LogP contribution in [0.25, 0.3) is 0 Å². The Kier molecular flexibility index (Phi) is 9.42. The molecule has 2 atom stereocenters. The van der Waals surface area contributed by atoms with Crippen molar-refractivity contribution < 1.29 is 10.2 Å². The van der Waals surface area contributed by atoms with Gasteiger partial charge in [0.05, 0.1) is 12.2 Å². The van der Waals surface area contributed by atoms with Crippen molar-refractivity contribution in [3.63, 3.8) is 0 Å². The van der Waals surface area contributed by atoms with Crippen LogP contribution in [0.2, 0.25) is 0 Å². The summed E-state index contributed by atoms with van der Waals surface area (Å²) in [5, 5.41) is 18.4. The Balaban J connectivity index is 3.06. The van der Waals surface area contributed by atoms with E-state index >= 15 is 0 Å². The van der Waals surface area contributed by atoms with Crippen LogP contribution >= 0.6 is 0 Å². The SMILES string of the molecule is CCCCCCCCC[C@H](O)[C@@H](C)O. The van der Waals surface area contributed by atoms with Crippen molar-refractivity contribution in [2.24, 2.45) is 0 Å². The lowest BCUT2D eigenvalue weighted by Gasteiger charge is -2.12. The zero-order valence-electron chi connectivity index (χ0n) is 9.71. The fourth-order valence-electron chi connectivity index (χ4n) is 1.55. The molecule has 0 rings (SSSR count). The molecule has 0 bridgehead atoms. The van der Waals surface area contributed by atoms with Gasteiger partial charge >= 0.3 is 0 Å². The van der Waals surface area contributed by atoms with Gasteiger partial charge in [0, 0.05) is 0 Å². The molecule has 0 aliphatic carbocycles. The Morgan fingerprint density at radius 2 is 1.36 bits per heavy atom. The van der Waals surface area contributed by atoms with Gasteiger partial charge in [-0.15, -0.1) is 0 Å². The summed E-state index contributed by atoms with van der Waals surface area (Å²) in [4.78, 5) is 0. The van der Waals surface area contributed by atoms with E-state index in [0.29, 0.717) is 0 Å². The summed E-state index contributed by atoms with van der Waals surface area (Å²) in [6.07, 6.45) is 8.44. The Morgan fingerprint density at radius 3 is 1.86 bits per heavy atom. The summed E-state index contributed by atoms with van der Waals surface area (Å²) >= 11 is 0. The Hall–Kier alpha value is -0.0800. The molecule has 0 saturated heterocycles. The molecular weight excluding hydrogens is 176 g/mol. The Bertz CT molecular complexity index is 113.